The van der Waals surface area contributed by atoms with Gasteiger partial charge in [0.05, 0.1) is 30.1 Å². The minimum Gasteiger partial charge on any atom is -0.371 e. The van der Waals surface area contributed by atoms with Crippen molar-refractivity contribution in [3.05, 3.63) is 35.9 Å². The molecule has 1 saturated carbocycles. The number of aromatic nitrogens is 5. The van der Waals surface area contributed by atoms with Crippen LogP contribution in [0.1, 0.15) is 67.0 Å². The Labute approximate surface area is 205 Å². The van der Waals surface area contributed by atoms with Gasteiger partial charge in [-0.3, -0.25) is 9.48 Å². The first-order valence-corrected chi connectivity index (χ1v) is 12.4. The SMILES string of the molecule is O=CC1CCC(n2cc(NC(=O)c3cnn4ccc(N5CC6CC[C@@H](C5)O6)nc34)c(C(F)F)n2)CC1. The van der Waals surface area contributed by atoms with E-state index < -0.39 is 18.0 Å². The van der Waals surface area contributed by atoms with E-state index in [1.165, 1.54) is 21.6 Å². The largest absolute Gasteiger partial charge is 0.371 e. The number of alkyl halides is 2. The molecule has 3 aromatic heterocycles. The lowest BCUT2D eigenvalue weighted by Gasteiger charge is -2.32. The topological polar surface area (TPSA) is 107 Å². The predicted molar refractivity (Wildman–Crippen MR) is 125 cm³/mol. The van der Waals surface area contributed by atoms with Crippen LogP contribution in [0.5, 0.6) is 0 Å². The number of rotatable bonds is 6. The zero-order chi connectivity index (χ0) is 24.8. The molecule has 12 heteroatoms. The smallest absolute Gasteiger partial charge is 0.284 e. The van der Waals surface area contributed by atoms with Crippen LogP contribution in [0, 0.1) is 5.92 Å². The Morgan fingerprint density at radius 1 is 1.14 bits per heavy atom. The van der Waals surface area contributed by atoms with Crippen molar-refractivity contribution in [1.29, 1.82) is 0 Å². The summed E-state index contributed by atoms with van der Waals surface area (Å²) in [6.45, 7) is 1.47. The second-order valence-electron chi connectivity index (χ2n) is 9.84. The van der Waals surface area contributed by atoms with Gasteiger partial charge in [0.2, 0.25) is 0 Å². The number of hydrogen-bond acceptors (Lipinski definition) is 7. The van der Waals surface area contributed by atoms with Gasteiger partial charge in [0, 0.05) is 31.4 Å². The average Bonchev–Trinajstić information content (AvgIpc) is 3.60. The van der Waals surface area contributed by atoms with E-state index >= 15 is 0 Å². The third-order valence-electron chi connectivity index (χ3n) is 7.49. The van der Waals surface area contributed by atoms with Gasteiger partial charge >= 0.3 is 0 Å². The fourth-order valence-corrected chi connectivity index (χ4v) is 5.54. The third kappa shape index (κ3) is 4.23. The minimum absolute atomic E-state index is 0.00573. The first-order valence-electron chi connectivity index (χ1n) is 12.4. The van der Waals surface area contributed by atoms with Crippen LogP contribution in [-0.2, 0) is 9.53 Å². The number of carbonyl (C=O) groups is 2. The fourth-order valence-electron chi connectivity index (χ4n) is 5.54. The van der Waals surface area contributed by atoms with Crippen molar-refractivity contribution < 1.29 is 23.1 Å². The van der Waals surface area contributed by atoms with Crippen LogP contribution in [0.25, 0.3) is 5.65 Å². The molecule has 1 N–H and O–H groups in total. The molecule has 190 valence electrons. The predicted octanol–water partition coefficient (Wildman–Crippen LogP) is 3.41. The van der Waals surface area contributed by atoms with Gasteiger partial charge in [0.15, 0.2) is 11.3 Å². The molecule has 3 aromatic rings. The molecule has 2 saturated heterocycles. The van der Waals surface area contributed by atoms with E-state index in [-0.39, 0.29) is 35.4 Å². The van der Waals surface area contributed by atoms with Gasteiger partial charge in [0.25, 0.3) is 12.3 Å². The third-order valence-corrected chi connectivity index (χ3v) is 7.49. The maximum Gasteiger partial charge on any atom is 0.284 e. The number of aldehydes is 1. The summed E-state index contributed by atoms with van der Waals surface area (Å²) in [4.78, 5) is 31.0. The molecule has 1 amide bonds. The lowest BCUT2D eigenvalue weighted by molar-refractivity contribution is -0.112. The molecule has 0 spiro atoms. The zero-order valence-corrected chi connectivity index (χ0v) is 19.6. The van der Waals surface area contributed by atoms with Crippen molar-refractivity contribution in [2.24, 2.45) is 5.92 Å². The molecule has 0 radical (unpaired) electrons. The number of fused-ring (bicyclic) bond motifs is 3. The maximum absolute atomic E-state index is 13.8. The summed E-state index contributed by atoms with van der Waals surface area (Å²) in [6.07, 6.45) is 7.86. The molecule has 2 aliphatic heterocycles. The molecule has 3 fully saturated rings. The molecule has 10 nitrogen and oxygen atoms in total. The van der Waals surface area contributed by atoms with E-state index in [0.717, 1.165) is 38.0 Å². The van der Waals surface area contributed by atoms with Gasteiger partial charge in [-0.1, -0.05) is 0 Å². The Bertz CT molecular complexity index is 1270. The van der Waals surface area contributed by atoms with Crippen molar-refractivity contribution >= 4 is 29.3 Å². The fraction of sp³-hybridized carbons (Fsp3) is 0.542. The number of ether oxygens (including phenoxy) is 1. The second-order valence-corrected chi connectivity index (χ2v) is 9.84. The summed E-state index contributed by atoms with van der Waals surface area (Å²) < 4.78 is 36.5. The molecule has 0 aromatic carbocycles. The van der Waals surface area contributed by atoms with Crippen molar-refractivity contribution in [2.75, 3.05) is 23.3 Å². The lowest BCUT2D eigenvalue weighted by atomic mass is 9.87. The number of hydrogen-bond donors (Lipinski definition) is 1. The number of halogens is 2. The number of nitrogens with zero attached hydrogens (tertiary/aromatic N) is 6. The standard InChI is InChI=1S/C24H27F2N7O3/c25-22(26)21-19(12-33(30-21)15-3-1-14(13-34)2-4-15)28-24(35)18-9-27-32-8-7-20(29-23(18)32)31-10-16-5-6-17(11-31)36-16/h7-9,12-17,22H,1-6,10-11H2,(H,28,35)/t14?,15?,16-,17?/m0/s1. The van der Waals surface area contributed by atoms with Gasteiger partial charge in [-0.15, -0.1) is 0 Å². The van der Waals surface area contributed by atoms with Gasteiger partial charge in [-0.25, -0.2) is 18.3 Å². The summed E-state index contributed by atoms with van der Waals surface area (Å²) in [5.74, 6) is 0.151. The summed E-state index contributed by atoms with van der Waals surface area (Å²) in [7, 11) is 0. The summed E-state index contributed by atoms with van der Waals surface area (Å²) >= 11 is 0. The van der Waals surface area contributed by atoms with Crippen LogP contribution in [0.4, 0.5) is 20.3 Å². The van der Waals surface area contributed by atoms with E-state index in [2.05, 4.69) is 25.4 Å². The minimum atomic E-state index is -2.85. The molecular weight excluding hydrogens is 472 g/mol. The molecule has 2 bridgehead atoms. The van der Waals surface area contributed by atoms with Crippen LogP contribution in [0.3, 0.4) is 0 Å². The van der Waals surface area contributed by atoms with E-state index in [1.54, 1.807) is 6.20 Å². The van der Waals surface area contributed by atoms with Crippen LogP contribution in [0.2, 0.25) is 0 Å². The highest BCUT2D eigenvalue weighted by Crippen LogP contribution is 2.34. The Hall–Kier alpha value is -3.41. The molecule has 1 unspecified atom stereocenters. The van der Waals surface area contributed by atoms with Gasteiger partial charge in [-0.05, 0) is 44.6 Å². The highest BCUT2D eigenvalue weighted by molar-refractivity contribution is 6.08. The van der Waals surface area contributed by atoms with Crippen LogP contribution in [0.15, 0.2) is 24.7 Å². The summed E-state index contributed by atoms with van der Waals surface area (Å²) in [6, 6.07) is 1.76. The first-order chi connectivity index (χ1) is 17.5. The molecule has 36 heavy (non-hydrogen) atoms. The lowest BCUT2D eigenvalue weighted by Crippen LogP contribution is -2.43. The first kappa shape index (κ1) is 23.0. The van der Waals surface area contributed by atoms with Gasteiger partial charge in [-0.2, -0.15) is 10.2 Å². The zero-order valence-electron chi connectivity index (χ0n) is 19.6. The van der Waals surface area contributed by atoms with E-state index in [4.69, 9.17) is 4.74 Å². The van der Waals surface area contributed by atoms with Crippen LogP contribution < -0.4 is 10.2 Å². The van der Waals surface area contributed by atoms with Crippen molar-refractivity contribution in [3.63, 3.8) is 0 Å². The summed E-state index contributed by atoms with van der Waals surface area (Å²) in [5.41, 5.74) is 0.0251. The molecule has 2 atom stereocenters. The number of anilines is 2. The second kappa shape index (κ2) is 9.23. The van der Waals surface area contributed by atoms with Crippen molar-refractivity contribution in [1.82, 2.24) is 24.4 Å². The number of carbonyl (C=O) groups excluding carboxylic acids is 2. The maximum atomic E-state index is 13.8. The Kier molecular flexibility index (Phi) is 5.90. The molecular formula is C24H27F2N7O3. The number of morpholine rings is 1. The molecule has 3 aliphatic rings. The normalized spacial score (nSPS) is 26.0. The van der Waals surface area contributed by atoms with E-state index in [1.807, 2.05) is 6.07 Å². The molecule has 1 aliphatic carbocycles. The monoisotopic (exact) mass is 499 g/mol. The Morgan fingerprint density at radius 2 is 1.89 bits per heavy atom. The van der Waals surface area contributed by atoms with Crippen LogP contribution >= 0.6 is 0 Å². The quantitative estimate of drug-likeness (QED) is 0.518. The molecule has 6 rings (SSSR count). The van der Waals surface area contributed by atoms with Crippen molar-refractivity contribution in [3.8, 4) is 0 Å². The Balaban J connectivity index is 1.24. The number of amides is 1. The van der Waals surface area contributed by atoms with Crippen LogP contribution in [-0.4, -0.2) is 61.9 Å². The average molecular weight is 500 g/mol. The van der Waals surface area contributed by atoms with E-state index in [0.29, 0.717) is 31.3 Å². The summed E-state index contributed by atoms with van der Waals surface area (Å²) in [5, 5.41) is 10.9. The van der Waals surface area contributed by atoms with Gasteiger partial charge < -0.3 is 19.7 Å². The highest BCUT2D eigenvalue weighted by Gasteiger charge is 2.34. The highest BCUT2D eigenvalue weighted by atomic mass is 19.3. The number of nitrogens with one attached hydrogen (secondary N) is 1. The van der Waals surface area contributed by atoms with Crippen molar-refractivity contribution in [2.45, 2.75) is 63.2 Å². The Morgan fingerprint density at radius 3 is 2.58 bits per heavy atom. The van der Waals surface area contributed by atoms with Gasteiger partial charge in [0.1, 0.15) is 17.7 Å². The van der Waals surface area contributed by atoms with E-state index in [9.17, 15) is 18.4 Å². The molecule has 5 heterocycles.